The van der Waals surface area contributed by atoms with Crippen molar-refractivity contribution in [3.63, 3.8) is 0 Å². The van der Waals surface area contributed by atoms with Gasteiger partial charge >= 0.3 is 0 Å². The molecule has 0 unspecified atom stereocenters. The Kier molecular flexibility index (Phi) is 4.25. The molecule has 0 bridgehead atoms. The number of carbonyl (C=O) groups is 1. The average molecular weight is 309 g/mol. The van der Waals surface area contributed by atoms with Gasteiger partial charge in [0, 0.05) is 32.2 Å². The van der Waals surface area contributed by atoms with Crippen molar-refractivity contribution in [2.24, 2.45) is 11.3 Å². The number of nitrogens with one attached hydrogen (secondary N) is 1. The first kappa shape index (κ1) is 15.2. The average Bonchev–Trinajstić information content (AvgIpc) is 2.93. The zero-order valence-corrected chi connectivity index (χ0v) is 12.6. The highest BCUT2D eigenvalue weighted by molar-refractivity contribution is 5.76. The van der Waals surface area contributed by atoms with Gasteiger partial charge in [0.15, 0.2) is 0 Å². The Morgan fingerprint density at radius 1 is 1.41 bits per heavy atom. The van der Waals surface area contributed by atoms with Crippen LogP contribution >= 0.6 is 0 Å². The summed E-state index contributed by atoms with van der Waals surface area (Å²) >= 11 is 0. The molecule has 2 saturated heterocycles. The van der Waals surface area contributed by atoms with Crippen LogP contribution in [0.2, 0.25) is 0 Å². The van der Waals surface area contributed by atoms with Gasteiger partial charge in [0.05, 0.1) is 0 Å². The number of hydrogen-bond donors (Lipinski definition) is 3. The molecule has 1 aromatic heterocycles. The van der Waals surface area contributed by atoms with Crippen LogP contribution in [0.15, 0.2) is 0 Å². The highest BCUT2D eigenvalue weighted by atomic mass is 16.3. The number of piperidine rings is 2. The van der Waals surface area contributed by atoms with E-state index >= 15 is 0 Å². The van der Waals surface area contributed by atoms with Gasteiger partial charge in [-0.1, -0.05) is 5.10 Å². The second-order valence-electron chi connectivity index (χ2n) is 6.27. The third-order valence-electron chi connectivity index (χ3n) is 5.23. The smallest absolute Gasteiger partial charge is 0.244 e. The minimum absolute atomic E-state index is 0.0108. The quantitative estimate of drug-likeness (QED) is 0.619. The molecule has 1 amide bonds. The number of nitrogens with zero attached hydrogens (tertiary/aromatic N) is 5. The topological polar surface area (TPSA) is 122 Å². The van der Waals surface area contributed by atoms with Crippen LogP contribution in [0.1, 0.15) is 19.3 Å². The third kappa shape index (κ3) is 2.78. The van der Waals surface area contributed by atoms with Gasteiger partial charge in [-0.2, -0.15) is 0 Å². The minimum atomic E-state index is -0.0108. The molecule has 9 nitrogen and oxygen atoms in total. The lowest BCUT2D eigenvalue weighted by atomic mass is 9.65. The number of aliphatic hydroxyl groups is 1. The Labute approximate surface area is 128 Å². The summed E-state index contributed by atoms with van der Waals surface area (Å²) in [4.78, 5) is 14.2. The van der Waals surface area contributed by atoms with Crippen LogP contribution in [0.5, 0.6) is 0 Å². The number of aromatic nitrogens is 4. The van der Waals surface area contributed by atoms with E-state index < -0.39 is 0 Å². The molecule has 2 aliphatic rings. The molecular formula is C13H23N7O2. The van der Waals surface area contributed by atoms with E-state index in [9.17, 15) is 9.90 Å². The zero-order valence-electron chi connectivity index (χ0n) is 12.6. The van der Waals surface area contributed by atoms with Gasteiger partial charge in [-0.25, -0.2) is 4.68 Å². The van der Waals surface area contributed by atoms with Gasteiger partial charge in [-0.3, -0.25) is 4.79 Å². The van der Waals surface area contributed by atoms with Crippen LogP contribution in [-0.2, 0) is 11.3 Å². The molecular weight excluding hydrogens is 286 g/mol. The molecule has 3 rings (SSSR count). The summed E-state index contributed by atoms with van der Waals surface area (Å²) < 4.78 is 1.31. The van der Waals surface area contributed by atoms with Gasteiger partial charge in [0.25, 0.3) is 0 Å². The summed E-state index contributed by atoms with van der Waals surface area (Å²) in [5.74, 6) is 0.428. The number of nitrogens with two attached hydrogens (primary N) is 1. The van der Waals surface area contributed by atoms with E-state index in [1.807, 2.05) is 4.90 Å². The summed E-state index contributed by atoms with van der Waals surface area (Å²) in [6.45, 7) is 3.59. The van der Waals surface area contributed by atoms with E-state index in [-0.39, 0.29) is 36.3 Å². The summed E-state index contributed by atoms with van der Waals surface area (Å²) in [5, 5.41) is 23.7. The maximum absolute atomic E-state index is 12.3. The molecule has 122 valence electrons. The molecule has 3 heterocycles. The fourth-order valence-electron chi connectivity index (χ4n) is 3.70. The number of anilines is 1. The predicted molar refractivity (Wildman–Crippen MR) is 78.5 cm³/mol. The lowest BCUT2D eigenvalue weighted by Crippen LogP contribution is -2.53. The Morgan fingerprint density at radius 3 is 2.82 bits per heavy atom. The van der Waals surface area contributed by atoms with E-state index in [2.05, 4.69) is 20.8 Å². The number of rotatable bonds is 3. The monoisotopic (exact) mass is 309 g/mol. The second-order valence-corrected chi connectivity index (χ2v) is 6.27. The largest absolute Gasteiger partial charge is 0.396 e. The zero-order chi connectivity index (χ0) is 15.6. The number of carbonyl (C=O) groups excluding carboxylic acids is 1. The minimum Gasteiger partial charge on any atom is -0.396 e. The van der Waals surface area contributed by atoms with Gasteiger partial charge < -0.3 is 21.1 Å². The van der Waals surface area contributed by atoms with Gasteiger partial charge in [-0.05, 0) is 41.6 Å². The molecule has 2 aliphatic heterocycles. The van der Waals surface area contributed by atoms with Crippen molar-refractivity contribution in [1.29, 1.82) is 0 Å². The van der Waals surface area contributed by atoms with E-state index in [1.165, 1.54) is 4.68 Å². The Hall–Kier alpha value is -1.74. The van der Waals surface area contributed by atoms with Gasteiger partial charge in [0.1, 0.15) is 6.54 Å². The van der Waals surface area contributed by atoms with Crippen LogP contribution in [0, 0.1) is 11.3 Å². The van der Waals surface area contributed by atoms with Crippen molar-refractivity contribution in [1.82, 2.24) is 30.4 Å². The highest BCUT2D eigenvalue weighted by Gasteiger charge is 2.43. The SMILES string of the molecule is Nc1nnnn1CC(=O)N1CCC2(CCNC[C@H]2CO)CC1. The van der Waals surface area contributed by atoms with Crippen molar-refractivity contribution < 1.29 is 9.90 Å². The van der Waals surface area contributed by atoms with Crippen LogP contribution in [0.3, 0.4) is 0 Å². The molecule has 2 fully saturated rings. The van der Waals surface area contributed by atoms with Gasteiger partial charge in [-0.15, -0.1) is 0 Å². The molecule has 1 atom stereocenters. The number of amides is 1. The predicted octanol–water partition coefficient (Wildman–Crippen LogP) is -1.53. The van der Waals surface area contributed by atoms with Crippen LogP contribution < -0.4 is 11.1 Å². The van der Waals surface area contributed by atoms with Crippen LogP contribution in [0.25, 0.3) is 0 Å². The molecule has 0 radical (unpaired) electrons. The molecule has 1 spiro atoms. The number of aliphatic hydroxyl groups excluding tert-OH is 1. The van der Waals surface area contributed by atoms with Crippen molar-refractivity contribution in [3.8, 4) is 0 Å². The van der Waals surface area contributed by atoms with Crippen LogP contribution in [-0.4, -0.2) is 68.9 Å². The summed E-state index contributed by atoms with van der Waals surface area (Å²) in [5.41, 5.74) is 5.76. The molecule has 9 heteroatoms. The molecule has 0 aromatic carbocycles. The highest BCUT2D eigenvalue weighted by Crippen LogP contribution is 2.43. The normalized spacial score (nSPS) is 24.6. The van der Waals surface area contributed by atoms with Crippen molar-refractivity contribution in [2.75, 3.05) is 38.5 Å². The summed E-state index contributed by atoms with van der Waals surface area (Å²) in [6.07, 6.45) is 2.95. The Morgan fingerprint density at radius 2 is 2.18 bits per heavy atom. The molecule has 0 aliphatic carbocycles. The second kappa shape index (κ2) is 6.17. The molecule has 22 heavy (non-hydrogen) atoms. The van der Waals surface area contributed by atoms with Crippen molar-refractivity contribution in [3.05, 3.63) is 0 Å². The Bertz CT molecular complexity index is 524. The first-order valence-corrected chi connectivity index (χ1v) is 7.76. The number of tetrazole rings is 1. The van der Waals surface area contributed by atoms with Crippen molar-refractivity contribution in [2.45, 2.75) is 25.8 Å². The van der Waals surface area contributed by atoms with Gasteiger partial charge in [0.2, 0.25) is 11.9 Å². The van der Waals surface area contributed by atoms with E-state index in [0.29, 0.717) is 0 Å². The lowest BCUT2D eigenvalue weighted by Gasteiger charge is -2.49. The fourth-order valence-corrected chi connectivity index (χ4v) is 3.70. The van der Waals surface area contributed by atoms with E-state index in [4.69, 9.17) is 5.73 Å². The maximum atomic E-state index is 12.3. The molecule has 1 aromatic rings. The third-order valence-corrected chi connectivity index (χ3v) is 5.23. The first-order chi connectivity index (χ1) is 10.6. The first-order valence-electron chi connectivity index (χ1n) is 7.76. The van der Waals surface area contributed by atoms with E-state index in [1.54, 1.807) is 0 Å². The summed E-state index contributed by atoms with van der Waals surface area (Å²) in [6, 6.07) is 0. The Balaban J connectivity index is 1.59. The molecule has 0 saturated carbocycles. The molecule has 4 N–H and O–H groups in total. The van der Waals surface area contributed by atoms with Crippen LogP contribution in [0.4, 0.5) is 5.95 Å². The standard InChI is InChI=1S/C13H23N7O2/c14-12-16-17-18-20(12)8-11(22)19-5-2-13(3-6-19)1-4-15-7-10(13)9-21/h10,15,21H,1-9H2,(H2,14,16,18)/t10-/m0/s1. The lowest BCUT2D eigenvalue weighted by molar-refractivity contribution is -0.135. The number of likely N-dealkylation sites (tertiary alicyclic amines) is 1. The maximum Gasteiger partial charge on any atom is 0.244 e. The van der Waals surface area contributed by atoms with Crippen molar-refractivity contribution >= 4 is 11.9 Å². The number of nitrogen functional groups attached to an aromatic ring is 1. The summed E-state index contributed by atoms with van der Waals surface area (Å²) in [7, 11) is 0. The number of hydrogen-bond acceptors (Lipinski definition) is 7. The van der Waals surface area contributed by atoms with E-state index in [0.717, 1.165) is 45.4 Å². The fraction of sp³-hybridized carbons (Fsp3) is 0.846.